The van der Waals surface area contributed by atoms with E-state index in [1.165, 1.54) is 11.3 Å². The molecule has 0 saturated heterocycles. The second kappa shape index (κ2) is 6.50. The molecule has 0 fully saturated rings. The summed E-state index contributed by atoms with van der Waals surface area (Å²) in [5, 5.41) is 0. The summed E-state index contributed by atoms with van der Waals surface area (Å²) in [6, 6.07) is 6.86. The van der Waals surface area contributed by atoms with Gasteiger partial charge in [0.15, 0.2) is 0 Å². The highest BCUT2D eigenvalue weighted by molar-refractivity contribution is 5.93. The summed E-state index contributed by atoms with van der Waals surface area (Å²) in [5.74, 6) is 0.641. The fraction of sp³-hybridized carbons (Fsp3) is 0.611. The van der Waals surface area contributed by atoms with Crippen LogP contribution in [0.15, 0.2) is 18.2 Å². The van der Waals surface area contributed by atoms with E-state index >= 15 is 0 Å². The van der Waals surface area contributed by atoms with Crippen LogP contribution < -0.4 is 9.80 Å². The van der Waals surface area contributed by atoms with Gasteiger partial charge in [0.25, 0.3) is 0 Å². The van der Waals surface area contributed by atoms with Gasteiger partial charge in [0.1, 0.15) is 0 Å². The fourth-order valence-corrected chi connectivity index (χ4v) is 3.35. The number of rotatable bonds is 4. The lowest BCUT2D eigenvalue weighted by molar-refractivity contribution is -0.117. The van der Waals surface area contributed by atoms with Gasteiger partial charge in [-0.3, -0.25) is 4.79 Å². The lowest BCUT2D eigenvalue weighted by atomic mass is 9.87. The maximum Gasteiger partial charge on any atom is 0.224 e. The zero-order valence-corrected chi connectivity index (χ0v) is 14.0. The molecule has 1 aliphatic heterocycles. The van der Waals surface area contributed by atoms with Crippen LogP contribution >= 0.6 is 0 Å². The highest BCUT2D eigenvalue weighted by atomic mass is 16.2. The SMILES string of the molecule is CCCN(CC)c1ccc2c(c1)CC(C)[C@H](C)N2C(C)=O. The molecule has 0 saturated carbocycles. The zero-order chi connectivity index (χ0) is 15.6. The second-order valence-corrected chi connectivity index (χ2v) is 6.20. The van der Waals surface area contributed by atoms with Gasteiger partial charge in [0.05, 0.1) is 0 Å². The highest BCUT2D eigenvalue weighted by Gasteiger charge is 2.31. The molecule has 1 aliphatic rings. The van der Waals surface area contributed by atoms with Crippen LogP contribution in [0.25, 0.3) is 0 Å². The van der Waals surface area contributed by atoms with E-state index in [-0.39, 0.29) is 11.9 Å². The summed E-state index contributed by atoms with van der Waals surface area (Å²) in [5.41, 5.74) is 3.69. The number of carbonyl (C=O) groups is 1. The molecule has 2 rings (SSSR count). The van der Waals surface area contributed by atoms with Crippen molar-refractivity contribution >= 4 is 17.3 Å². The first-order valence-electron chi connectivity index (χ1n) is 8.17. The maximum absolute atomic E-state index is 12.0. The smallest absolute Gasteiger partial charge is 0.224 e. The van der Waals surface area contributed by atoms with E-state index in [4.69, 9.17) is 0 Å². The van der Waals surface area contributed by atoms with Crippen LogP contribution in [-0.2, 0) is 11.2 Å². The Bertz CT molecular complexity index is 512. The number of benzene rings is 1. The topological polar surface area (TPSA) is 23.6 Å². The van der Waals surface area contributed by atoms with Gasteiger partial charge < -0.3 is 9.80 Å². The van der Waals surface area contributed by atoms with Crippen LogP contribution in [0.2, 0.25) is 0 Å². The van der Waals surface area contributed by atoms with Crippen molar-refractivity contribution in [1.29, 1.82) is 0 Å². The number of carbonyl (C=O) groups excluding carboxylic acids is 1. The molecule has 1 heterocycles. The summed E-state index contributed by atoms with van der Waals surface area (Å²) in [7, 11) is 0. The Morgan fingerprint density at radius 3 is 2.62 bits per heavy atom. The third-order valence-corrected chi connectivity index (χ3v) is 4.67. The molecule has 3 nitrogen and oxygen atoms in total. The average Bonchev–Trinajstić information content (AvgIpc) is 2.45. The van der Waals surface area contributed by atoms with E-state index < -0.39 is 0 Å². The quantitative estimate of drug-likeness (QED) is 0.840. The highest BCUT2D eigenvalue weighted by Crippen LogP contribution is 2.36. The third kappa shape index (κ3) is 3.07. The van der Waals surface area contributed by atoms with E-state index in [0.717, 1.165) is 31.6 Å². The molecule has 0 N–H and O–H groups in total. The minimum absolute atomic E-state index is 0.143. The molecule has 0 spiro atoms. The summed E-state index contributed by atoms with van der Waals surface area (Å²) in [4.78, 5) is 16.4. The van der Waals surface area contributed by atoms with Crippen LogP contribution in [0.5, 0.6) is 0 Å². The van der Waals surface area contributed by atoms with Crippen molar-refractivity contribution in [1.82, 2.24) is 0 Å². The molecule has 0 radical (unpaired) electrons. The number of fused-ring (bicyclic) bond motifs is 1. The number of nitrogens with zero attached hydrogens (tertiary/aromatic N) is 2. The van der Waals surface area contributed by atoms with Crippen molar-refractivity contribution in [2.75, 3.05) is 22.9 Å². The largest absolute Gasteiger partial charge is 0.372 e. The van der Waals surface area contributed by atoms with Crippen LogP contribution in [-0.4, -0.2) is 25.0 Å². The predicted molar refractivity (Wildman–Crippen MR) is 90.1 cm³/mol. The van der Waals surface area contributed by atoms with E-state index in [0.29, 0.717) is 5.92 Å². The molecule has 3 heteroatoms. The Kier molecular flexibility index (Phi) is 4.92. The van der Waals surface area contributed by atoms with Crippen molar-refractivity contribution in [3.05, 3.63) is 23.8 Å². The van der Waals surface area contributed by atoms with Crippen molar-refractivity contribution in [3.8, 4) is 0 Å². The first-order valence-corrected chi connectivity index (χ1v) is 8.17. The third-order valence-electron chi connectivity index (χ3n) is 4.67. The molecule has 0 aromatic heterocycles. The summed E-state index contributed by atoms with van der Waals surface area (Å²) in [6.45, 7) is 12.6. The average molecular weight is 288 g/mol. The number of amides is 1. The molecule has 2 atom stereocenters. The molecule has 21 heavy (non-hydrogen) atoms. The van der Waals surface area contributed by atoms with Crippen LogP contribution in [0.4, 0.5) is 11.4 Å². The molecule has 0 aliphatic carbocycles. The Morgan fingerprint density at radius 1 is 1.33 bits per heavy atom. The van der Waals surface area contributed by atoms with Gasteiger partial charge in [-0.1, -0.05) is 13.8 Å². The van der Waals surface area contributed by atoms with E-state index in [2.05, 4.69) is 50.8 Å². The number of hydrogen-bond acceptors (Lipinski definition) is 2. The number of hydrogen-bond donors (Lipinski definition) is 0. The van der Waals surface area contributed by atoms with E-state index in [1.54, 1.807) is 6.92 Å². The Balaban J connectivity index is 2.40. The van der Waals surface area contributed by atoms with Gasteiger partial charge in [-0.15, -0.1) is 0 Å². The summed E-state index contributed by atoms with van der Waals surface area (Å²) >= 11 is 0. The lowest BCUT2D eigenvalue weighted by Crippen LogP contribution is -2.45. The van der Waals surface area contributed by atoms with Gasteiger partial charge in [-0.25, -0.2) is 0 Å². The number of anilines is 2. The molecular weight excluding hydrogens is 260 g/mol. The van der Waals surface area contributed by atoms with Crippen molar-refractivity contribution in [2.45, 2.75) is 53.5 Å². The molecule has 1 amide bonds. The standard InChI is InChI=1S/C18H28N2O/c1-6-10-19(7-2)17-8-9-18-16(12-17)11-13(3)14(4)20(18)15(5)21/h8-9,12-14H,6-7,10-11H2,1-5H3/t13?,14-/m0/s1. The lowest BCUT2D eigenvalue weighted by Gasteiger charge is -2.39. The van der Waals surface area contributed by atoms with Gasteiger partial charge in [-0.05, 0) is 56.4 Å². The Hall–Kier alpha value is -1.51. The van der Waals surface area contributed by atoms with Gasteiger partial charge >= 0.3 is 0 Å². The minimum atomic E-state index is 0.143. The van der Waals surface area contributed by atoms with Crippen LogP contribution in [0.3, 0.4) is 0 Å². The van der Waals surface area contributed by atoms with Crippen LogP contribution in [0.1, 0.15) is 46.6 Å². The predicted octanol–water partition coefficient (Wildman–Crippen LogP) is 3.86. The van der Waals surface area contributed by atoms with E-state index in [9.17, 15) is 4.79 Å². The van der Waals surface area contributed by atoms with Crippen LogP contribution in [0, 0.1) is 5.92 Å². The minimum Gasteiger partial charge on any atom is -0.372 e. The molecule has 1 unspecified atom stereocenters. The summed E-state index contributed by atoms with van der Waals surface area (Å²) < 4.78 is 0. The van der Waals surface area contributed by atoms with Gasteiger partial charge in [-0.2, -0.15) is 0 Å². The van der Waals surface area contributed by atoms with Crippen molar-refractivity contribution in [2.24, 2.45) is 5.92 Å². The second-order valence-electron chi connectivity index (χ2n) is 6.20. The Morgan fingerprint density at radius 2 is 2.05 bits per heavy atom. The molecule has 1 aromatic rings. The van der Waals surface area contributed by atoms with E-state index in [1.807, 2.05) is 4.90 Å². The molecule has 1 aromatic carbocycles. The van der Waals surface area contributed by atoms with Gasteiger partial charge in [0, 0.05) is 37.4 Å². The monoisotopic (exact) mass is 288 g/mol. The van der Waals surface area contributed by atoms with Crippen molar-refractivity contribution in [3.63, 3.8) is 0 Å². The zero-order valence-electron chi connectivity index (χ0n) is 14.0. The molecule has 116 valence electrons. The Labute approximate surface area is 128 Å². The van der Waals surface area contributed by atoms with Gasteiger partial charge in [0.2, 0.25) is 5.91 Å². The first kappa shape index (κ1) is 15.9. The summed E-state index contributed by atoms with van der Waals surface area (Å²) in [6.07, 6.45) is 2.20. The normalized spacial score (nSPS) is 21.1. The maximum atomic E-state index is 12.0. The fourth-order valence-electron chi connectivity index (χ4n) is 3.35. The first-order chi connectivity index (χ1) is 9.99. The molecule has 0 bridgehead atoms. The molecular formula is C18H28N2O. The van der Waals surface area contributed by atoms with Crippen molar-refractivity contribution < 1.29 is 4.79 Å².